The summed E-state index contributed by atoms with van der Waals surface area (Å²) in [7, 11) is 0. The van der Waals surface area contributed by atoms with Crippen LogP contribution in [0.15, 0.2) is 23.0 Å². The number of thiol groups is 1. The van der Waals surface area contributed by atoms with Gasteiger partial charge < -0.3 is 4.57 Å². The molecule has 1 aromatic rings. The highest BCUT2D eigenvalue weighted by atomic mass is 32.1. The second-order valence-electron chi connectivity index (χ2n) is 4.70. The number of hydrogen-bond acceptors (Lipinski definition) is 2. The van der Waals surface area contributed by atoms with Gasteiger partial charge in [0.15, 0.2) is 0 Å². The zero-order valence-electron chi connectivity index (χ0n) is 11.0. The van der Waals surface area contributed by atoms with Crippen LogP contribution in [-0.2, 0) is 12.7 Å². The summed E-state index contributed by atoms with van der Waals surface area (Å²) in [5.41, 5.74) is -1.91. The van der Waals surface area contributed by atoms with E-state index in [0.717, 1.165) is 22.8 Å². The zero-order chi connectivity index (χ0) is 14.7. The first-order chi connectivity index (χ1) is 8.79. The third-order valence-electron chi connectivity index (χ3n) is 3.67. The fraction of sp³-hybridized carbons (Fsp3) is 0.615. The van der Waals surface area contributed by atoms with Crippen molar-refractivity contribution in [2.24, 2.45) is 5.41 Å². The number of halogens is 3. The molecule has 0 bridgehead atoms. The molecule has 0 aliphatic carbocycles. The Labute approximate surface area is 116 Å². The molecule has 0 aliphatic rings. The van der Waals surface area contributed by atoms with E-state index in [1.807, 2.05) is 13.8 Å². The van der Waals surface area contributed by atoms with Gasteiger partial charge in [-0.3, -0.25) is 4.79 Å². The quantitative estimate of drug-likeness (QED) is 0.823. The molecule has 19 heavy (non-hydrogen) atoms. The van der Waals surface area contributed by atoms with Gasteiger partial charge in [-0.2, -0.15) is 25.8 Å². The molecule has 0 amide bonds. The molecule has 2 nitrogen and oxygen atoms in total. The van der Waals surface area contributed by atoms with Crippen molar-refractivity contribution in [3.8, 4) is 0 Å². The van der Waals surface area contributed by atoms with E-state index >= 15 is 0 Å². The van der Waals surface area contributed by atoms with E-state index < -0.39 is 22.8 Å². The van der Waals surface area contributed by atoms with Crippen molar-refractivity contribution < 1.29 is 13.2 Å². The number of alkyl halides is 3. The van der Waals surface area contributed by atoms with Gasteiger partial charge in [0.25, 0.3) is 5.56 Å². The van der Waals surface area contributed by atoms with E-state index in [2.05, 4.69) is 12.6 Å². The first-order valence-corrected chi connectivity index (χ1v) is 6.81. The van der Waals surface area contributed by atoms with Crippen molar-refractivity contribution in [2.75, 3.05) is 5.75 Å². The van der Waals surface area contributed by atoms with E-state index in [4.69, 9.17) is 0 Å². The predicted octanol–water partition coefficient (Wildman–Crippen LogP) is 3.60. The Balaban J connectivity index is 3.31. The lowest BCUT2D eigenvalue weighted by molar-refractivity contribution is -0.144. The summed E-state index contributed by atoms with van der Waals surface area (Å²) in [5.74, 6) is 0.443. The molecule has 108 valence electrons. The molecule has 0 N–H and O–H groups in total. The lowest BCUT2D eigenvalue weighted by Crippen LogP contribution is -2.36. The summed E-state index contributed by atoms with van der Waals surface area (Å²) < 4.78 is 39.6. The van der Waals surface area contributed by atoms with Gasteiger partial charge in [-0.25, -0.2) is 0 Å². The van der Waals surface area contributed by atoms with Gasteiger partial charge in [0.05, 0.1) is 0 Å². The first-order valence-electron chi connectivity index (χ1n) is 6.17. The van der Waals surface area contributed by atoms with Crippen LogP contribution in [0.2, 0.25) is 0 Å². The van der Waals surface area contributed by atoms with Gasteiger partial charge >= 0.3 is 6.18 Å². The Hall–Kier alpha value is -0.910. The average molecular weight is 293 g/mol. The van der Waals surface area contributed by atoms with Crippen molar-refractivity contribution in [1.82, 2.24) is 4.57 Å². The van der Waals surface area contributed by atoms with Crippen LogP contribution in [0.4, 0.5) is 13.2 Å². The van der Waals surface area contributed by atoms with Gasteiger partial charge in [-0.1, -0.05) is 19.9 Å². The molecule has 0 unspecified atom stereocenters. The maximum Gasteiger partial charge on any atom is 0.431 e. The number of hydrogen-bond donors (Lipinski definition) is 1. The molecule has 0 spiro atoms. The van der Waals surface area contributed by atoms with Crippen molar-refractivity contribution in [1.29, 1.82) is 0 Å². The van der Waals surface area contributed by atoms with Crippen LogP contribution in [0.5, 0.6) is 0 Å². The van der Waals surface area contributed by atoms with E-state index in [0.29, 0.717) is 18.6 Å². The van der Waals surface area contributed by atoms with Gasteiger partial charge in [-0.15, -0.1) is 0 Å². The average Bonchev–Trinajstić information content (AvgIpc) is 2.36. The standard InChI is InChI=1S/C13H18F3NOS/c1-3-12(4-2,9-19)8-17-10(13(14,15)16)6-5-7-11(17)18/h5-7,19H,3-4,8-9H2,1-2H3. The zero-order valence-corrected chi connectivity index (χ0v) is 11.9. The Morgan fingerprint density at radius 2 is 1.79 bits per heavy atom. The molecule has 0 saturated carbocycles. The Bertz CT molecular complexity index is 469. The van der Waals surface area contributed by atoms with Gasteiger partial charge in [-0.05, 0) is 30.1 Å². The van der Waals surface area contributed by atoms with E-state index in [9.17, 15) is 18.0 Å². The molecule has 6 heteroatoms. The maximum atomic E-state index is 12.9. The lowest BCUT2D eigenvalue weighted by Gasteiger charge is -2.31. The fourth-order valence-electron chi connectivity index (χ4n) is 2.01. The molecule has 0 saturated heterocycles. The number of pyridine rings is 1. The van der Waals surface area contributed by atoms with Crippen LogP contribution in [0, 0.1) is 5.41 Å². The van der Waals surface area contributed by atoms with E-state index in [-0.39, 0.29) is 6.54 Å². The molecular formula is C13H18F3NOS. The van der Waals surface area contributed by atoms with Crippen molar-refractivity contribution in [3.63, 3.8) is 0 Å². The Kier molecular flexibility index (Phi) is 5.12. The van der Waals surface area contributed by atoms with Gasteiger partial charge in [0.1, 0.15) is 5.69 Å². The molecule has 0 radical (unpaired) electrons. The van der Waals surface area contributed by atoms with E-state index in [1.165, 1.54) is 0 Å². The summed E-state index contributed by atoms with van der Waals surface area (Å²) in [6, 6.07) is 3.24. The summed E-state index contributed by atoms with van der Waals surface area (Å²) in [4.78, 5) is 11.8. The third-order valence-corrected chi connectivity index (χ3v) is 4.34. The molecule has 0 fully saturated rings. The van der Waals surface area contributed by atoms with Crippen molar-refractivity contribution >= 4 is 12.6 Å². The number of nitrogens with zero attached hydrogens (tertiary/aromatic N) is 1. The molecule has 0 aliphatic heterocycles. The highest BCUT2D eigenvalue weighted by Crippen LogP contribution is 2.33. The third kappa shape index (κ3) is 3.55. The maximum absolute atomic E-state index is 12.9. The smallest absolute Gasteiger partial charge is 0.304 e. The van der Waals surface area contributed by atoms with Crippen molar-refractivity contribution in [3.05, 3.63) is 34.2 Å². The summed E-state index contributed by atoms with van der Waals surface area (Å²) in [5, 5.41) is 0. The first kappa shape index (κ1) is 16.1. The van der Waals surface area contributed by atoms with Crippen LogP contribution >= 0.6 is 12.6 Å². The van der Waals surface area contributed by atoms with Gasteiger partial charge in [0, 0.05) is 12.6 Å². The topological polar surface area (TPSA) is 22.0 Å². The van der Waals surface area contributed by atoms with Crippen LogP contribution in [0.25, 0.3) is 0 Å². The fourth-order valence-corrected chi connectivity index (χ4v) is 2.56. The minimum atomic E-state index is -4.52. The molecule has 0 aromatic carbocycles. The summed E-state index contributed by atoms with van der Waals surface area (Å²) >= 11 is 4.24. The largest absolute Gasteiger partial charge is 0.431 e. The second-order valence-corrected chi connectivity index (χ2v) is 5.01. The van der Waals surface area contributed by atoms with Crippen molar-refractivity contribution in [2.45, 2.75) is 39.4 Å². The second kappa shape index (κ2) is 6.03. The van der Waals surface area contributed by atoms with E-state index in [1.54, 1.807) is 0 Å². The van der Waals surface area contributed by atoms with Crippen LogP contribution < -0.4 is 5.56 Å². The lowest BCUT2D eigenvalue weighted by atomic mass is 9.84. The van der Waals surface area contributed by atoms with Crippen LogP contribution in [0.1, 0.15) is 32.4 Å². The Morgan fingerprint density at radius 1 is 1.21 bits per heavy atom. The monoisotopic (exact) mass is 293 g/mol. The van der Waals surface area contributed by atoms with Crippen LogP contribution in [0.3, 0.4) is 0 Å². The minimum Gasteiger partial charge on any atom is -0.304 e. The van der Waals surface area contributed by atoms with Crippen LogP contribution in [-0.4, -0.2) is 10.3 Å². The molecule has 1 aromatic heterocycles. The van der Waals surface area contributed by atoms with Gasteiger partial charge in [0.2, 0.25) is 0 Å². The highest BCUT2D eigenvalue weighted by molar-refractivity contribution is 7.80. The summed E-state index contributed by atoms with van der Waals surface area (Å²) in [6.45, 7) is 3.85. The molecule has 1 heterocycles. The molecular weight excluding hydrogens is 275 g/mol. The Morgan fingerprint density at radius 3 is 2.21 bits per heavy atom. The molecule has 0 atom stereocenters. The SMILES string of the molecule is CCC(CC)(CS)Cn1c(C(F)(F)F)cccc1=O. The number of aromatic nitrogens is 1. The minimum absolute atomic E-state index is 0.0397. The molecule has 1 rings (SSSR count). The highest BCUT2D eigenvalue weighted by Gasteiger charge is 2.36. The summed E-state index contributed by atoms with van der Waals surface area (Å²) in [6.07, 6.45) is -3.18. The normalized spacial score (nSPS) is 12.7. The predicted molar refractivity (Wildman–Crippen MR) is 72.6 cm³/mol. The number of rotatable bonds is 5.